The minimum atomic E-state index is -4.78. The molecule has 0 fully saturated rings. The lowest BCUT2D eigenvalue weighted by atomic mass is 9.92. The number of anilines is 4. The average molecular weight is 1390 g/mol. The maximum Gasteiger partial charge on any atom is 0.437 e. The highest BCUT2D eigenvalue weighted by molar-refractivity contribution is 6.13. The standard InChI is InChI=1S/C76H58F3N13O11/c1-3-89(70(96)86-67-80-58-34-31-47(40-61(58)81-67)73(100)55-28-13-10-25-52(55)64(93)88(73)43-45-19-6-4-7-20-45)92(69-83-60-36-32-48(41-63(60)85-69)74(101)56-29-14-11-26-53(56)65(94)90(74)44(2)46-21-8-5-9-22-46)72(99)103-38-17-16-37-87(71(97)98)68-82-59-35-33-49(42-62(59)84-68)75(102)57-30-15-12-27-54(57)66(95)91(75)51-24-18-23-50(39-51)76(77,78)79/h4-15,18-36,39-42,44,100-102H,3,37-38,43H2,1-2H3,(H,82,84)(H,83,85)(H,97,98)(H2,80,81,86,96)/t44-,73?,74?,75?/m1/s1. The van der Waals surface area contributed by atoms with Crippen LogP contribution in [0.4, 0.5) is 51.1 Å². The Labute approximate surface area is 582 Å². The van der Waals surface area contributed by atoms with Crippen molar-refractivity contribution in [1.29, 1.82) is 0 Å². The van der Waals surface area contributed by atoms with Crippen molar-refractivity contribution < 1.29 is 67.1 Å². The van der Waals surface area contributed by atoms with Crippen molar-refractivity contribution in [2.24, 2.45) is 0 Å². The minimum Gasteiger partial charge on any atom is -0.465 e. The molecule has 9 aromatic carbocycles. The van der Waals surface area contributed by atoms with E-state index in [-0.39, 0.29) is 92.4 Å². The van der Waals surface area contributed by atoms with Crippen molar-refractivity contribution in [3.05, 3.63) is 279 Å². The third-order valence-electron chi connectivity index (χ3n) is 18.7. The SMILES string of the molecule is CCN(C(=O)Nc1nc2cc(C3(O)c4ccccc4C(=O)N3Cc3ccccc3)ccc2[nH]1)N(C(=O)OCC#CCN(C(=O)O)c1nc2cc(C3(O)c4ccccc4C(=O)N3c3cccc(C(F)(F)F)c3)ccc2[nH]1)c1nc2cc(C3(O)c4ccccc4C(=O)N3[C@H](C)c3ccccc3)ccc2[nH]1. The summed E-state index contributed by atoms with van der Waals surface area (Å²) >= 11 is 0. The summed E-state index contributed by atoms with van der Waals surface area (Å²) in [6.07, 6.45) is -7.53. The zero-order valence-electron chi connectivity index (χ0n) is 54.4. The van der Waals surface area contributed by atoms with Crippen LogP contribution in [0.15, 0.2) is 212 Å². The van der Waals surface area contributed by atoms with Crippen LogP contribution in [0.3, 0.4) is 0 Å². The van der Waals surface area contributed by atoms with Crippen molar-refractivity contribution in [1.82, 2.24) is 44.7 Å². The van der Waals surface area contributed by atoms with Gasteiger partial charge in [0.2, 0.25) is 17.8 Å². The number of nitrogens with one attached hydrogen (secondary N) is 4. The molecule has 3 aliphatic rings. The van der Waals surface area contributed by atoms with Gasteiger partial charge in [0, 0.05) is 68.8 Å². The van der Waals surface area contributed by atoms with E-state index in [0.717, 1.165) is 49.1 Å². The summed E-state index contributed by atoms with van der Waals surface area (Å²) in [5, 5.41) is 53.5. The number of amides is 7. The average Bonchev–Trinajstić information content (AvgIpc) is 1.58. The van der Waals surface area contributed by atoms with Gasteiger partial charge < -0.3 is 40.1 Å². The largest absolute Gasteiger partial charge is 0.465 e. The first kappa shape index (κ1) is 65.8. The Bertz CT molecular complexity index is 5530. The van der Waals surface area contributed by atoms with Crippen LogP contribution >= 0.6 is 0 Å². The Morgan fingerprint density at radius 2 is 1.12 bits per heavy atom. The van der Waals surface area contributed by atoms with Gasteiger partial charge in [-0.15, -0.1) is 5.01 Å². The van der Waals surface area contributed by atoms with Gasteiger partial charge in [0.05, 0.1) is 51.3 Å². The molecule has 0 saturated heterocycles. The lowest BCUT2D eigenvalue weighted by Crippen LogP contribution is -2.52. The molecule has 0 saturated carbocycles. The quantitative estimate of drug-likeness (QED) is 0.0371. The third-order valence-corrected chi connectivity index (χ3v) is 18.7. The lowest BCUT2D eigenvalue weighted by molar-refractivity contribution is -0.137. The maximum atomic E-state index is 14.8. The Morgan fingerprint density at radius 3 is 1.74 bits per heavy atom. The molecule has 103 heavy (non-hydrogen) atoms. The molecule has 0 spiro atoms. The summed E-state index contributed by atoms with van der Waals surface area (Å²) in [5.74, 6) is 3.08. The number of urea groups is 1. The Hall–Kier alpha value is -13.2. The second kappa shape index (κ2) is 25.2. The Balaban J connectivity index is 0.724. The molecule has 24 nitrogen and oxygen atoms in total. The number of alkyl halides is 3. The topological polar surface area (TPSA) is 310 Å². The molecule has 7 amide bonds. The van der Waals surface area contributed by atoms with Gasteiger partial charge in [0.25, 0.3) is 17.7 Å². The van der Waals surface area contributed by atoms with E-state index in [1.54, 1.807) is 111 Å². The summed E-state index contributed by atoms with van der Waals surface area (Å²) in [4.78, 5) is 112. The van der Waals surface area contributed by atoms with Crippen LogP contribution in [-0.2, 0) is 34.6 Å². The van der Waals surface area contributed by atoms with Crippen molar-refractivity contribution in [2.45, 2.75) is 49.8 Å². The predicted octanol–water partition coefficient (Wildman–Crippen LogP) is 12.0. The monoisotopic (exact) mass is 1390 g/mol. The number of ether oxygens (including phenoxy) is 1. The van der Waals surface area contributed by atoms with E-state index >= 15 is 0 Å². The molecule has 3 aliphatic heterocycles. The van der Waals surface area contributed by atoms with E-state index in [0.29, 0.717) is 33.3 Å². The summed E-state index contributed by atoms with van der Waals surface area (Å²) in [5.41, 5.74) is -2.71. The van der Waals surface area contributed by atoms with Crippen molar-refractivity contribution in [3.63, 3.8) is 0 Å². The molecule has 3 aromatic heterocycles. The highest BCUT2D eigenvalue weighted by atomic mass is 19.4. The number of hydrogen-bond acceptors (Lipinski definition) is 13. The number of carbonyl (C=O) groups is 6. The molecule has 4 atom stereocenters. The number of H-pyrrole nitrogens is 3. The van der Waals surface area contributed by atoms with E-state index < -0.39 is 78.1 Å². The third kappa shape index (κ3) is 11.0. The maximum absolute atomic E-state index is 14.8. The predicted molar refractivity (Wildman–Crippen MR) is 371 cm³/mol. The van der Waals surface area contributed by atoms with Crippen LogP contribution in [-0.4, -0.2) is 121 Å². The summed E-state index contributed by atoms with van der Waals surface area (Å²) < 4.78 is 47.7. The molecular weight excluding hydrogens is 1330 g/mol. The number of benzene rings is 9. The lowest BCUT2D eigenvalue weighted by Gasteiger charge is -2.39. The second-order valence-corrected chi connectivity index (χ2v) is 24.6. The van der Waals surface area contributed by atoms with Gasteiger partial charge in [0.1, 0.15) is 0 Å². The number of carbonyl (C=O) groups excluding carboxylic acids is 5. The summed E-state index contributed by atoms with van der Waals surface area (Å²) in [7, 11) is 0. The molecule has 0 radical (unpaired) electrons. The van der Waals surface area contributed by atoms with Crippen LogP contribution in [0.25, 0.3) is 33.1 Å². The van der Waals surface area contributed by atoms with Gasteiger partial charge >= 0.3 is 24.4 Å². The van der Waals surface area contributed by atoms with E-state index in [2.05, 4.69) is 42.1 Å². The molecule has 12 aromatic rings. The van der Waals surface area contributed by atoms with Crippen LogP contribution in [0, 0.1) is 11.8 Å². The molecule has 8 N–H and O–H groups in total. The van der Waals surface area contributed by atoms with Gasteiger partial charge in [0.15, 0.2) is 23.8 Å². The highest BCUT2D eigenvalue weighted by Crippen LogP contribution is 2.50. The molecule has 0 aliphatic carbocycles. The Morgan fingerprint density at radius 1 is 0.592 bits per heavy atom. The first-order valence-electron chi connectivity index (χ1n) is 32.3. The second-order valence-electron chi connectivity index (χ2n) is 24.6. The van der Waals surface area contributed by atoms with E-state index in [1.807, 2.05) is 60.7 Å². The van der Waals surface area contributed by atoms with Crippen molar-refractivity contribution >= 4 is 92.6 Å². The number of aliphatic hydroxyl groups is 3. The molecule has 0 bridgehead atoms. The van der Waals surface area contributed by atoms with E-state index in [9.17, 15) is 62.4 Å². The smallest absolute Gasteiger partial charge is 0.437 e. The molecule has 3 unspecified atom stereocenters. The van der Waals surface area contributed by atoms with Gasteiger partial charge in [-0.05, 0) is 97.8 Å². The van der Waals surface area contributed by atoms with Crippen LogP contribution < -0.4 is 20.1 Å². The normalized spacial score (nSPS) is 17.8. The van der Waals surface area contributed by atoms with E-state index in [4.69, 9.17) is 9.72 Å². The van der Waals surface area contributed by atoms with Crippen molar-refractivity contribution in [3.8, 4) is 11.8 Å². The Kier molecular flexibility index (Phi) is 16.1. The molecule has 6 heterocycles. The van der Waals surface area contributed by atoms with Crippen LogP contribution in [0.2, 0.25) is 0 Å². The first-order valence-corrected chi connectivity index (χ1v) is 32.3. The summed E-state index contributed by atoms with van der Waals surface area (Å²) in [6.45, 7) is 1.91. The first-order chi connectivity index (χ1) is 49.6. The molecule has 27 heteroatoms. The van der Waals surface area contributed by atoms with Gasteiger partial charge in [-0.1, -0.05) is 151 Å². The number of nitrogens with zero attached hydrogens (tertiary/aromatic N) is 9. The molecule has 15 rings (SSSR count). The number of fused-ring (bicyclic) bond motifs is 6. The zero-order chi connectivity index (χ0) is 71.9. The van der Waals surface area contributed by atoms with Gasteiger partial charge in [-0.2, -0.15) is 13.2 Å². The minimum absolute atomic E-state index is 0.00725. The number of hydrogen-bond donors (Lipinski definition) is 8. The fraction of sp³-hybridized carbons (Fsp3) is 0.145. The number of carboxylic acid groups (broad SMARTS) is 1. The number of halogens is 3. The number of aromatic amines is 3. The number of imidazole rings is 3. The number of hydrazine groups is 1. The number of aromatic nitrogens is 6. The molecular formula is C76H58F3N13O11. The zero-order valence-corrected chi connectivity index (χ0v) is 54.4. The van der Waals surface area contributed by atoms with Gasteiger partial charge in [-0.25, -0.2) is 39.2 Å². The fourth-order valence-corrected chi connectivity index (χ4v) is 13.8. The molecule has 514 valence electrons. The fourth-order valence-electron chi connectivity index (χ4n) is 13.8. The van der Waals surface area contributed by atoms with Crippen molar-refractivity contribution in [2.75, 3.05) is 39.8 Å². The van der Waals surface area contributed by atoms with E-state index in [1.165, 1.54) is 46.2 Å². The summed E-state index contributed by atoms with van der Waals surface area (Å²) in [6, 6.07) is 54.2. The van der Waals surface area contributed by atoms with Gasteiger partial charge in [-0.3, -0.25) is 34.4 Å². The highest BCUT2D eigenvalue weighted by Gasteiger charge is 2.54. The van der Waals surface area contributed by atoms with Crippen LogP contribution in [0.1, 0.15) is 101 Å². The van der Waals surface area contributed by atoms with Crippen LogP contribution in [0.5, 0.6) is 0 Å². The number of rotatable bonds is 14.